The van der Waals surface area contributed by atoms with Gasteiger partial charge < -0.3 is 5.73 Å². The van der Waals surface area contributed by atoms with Gasteiger partial charge in [-0.15, -0.1) is 10.2 Å². The number of nitriles is 1. The van der Waals surface area contributed by atoms with Crippen LogP contribution in [0, 0.1) is 11.3 Å². The third-order valence-electron chi connectivity index (χ3n) is 4.28. The number of aromatic nitrogens is 1. The van der Waals surface area contributed by atoms with Crippen molar-refractivity contribution in [3.05, 3.63) is 84.6 Å². The predicted molar refractivity (Wildman–Crippen MR) is 107 cm³/mol. The number of hydrogen-bond acceptors (Lipinski definition) is 5. The number of nitrogens with two attached hydrogens (primary N) is 1. The highest BCUT2D eigenvalue weighted by Gasteiger charge is 2.09. The summed E-state index contributed by atoms with van der Waals surface area (Å²) in [6.07, 6.45) is 1.66. The summed E-state index contributed by atoms with van der Waals surface area (Å²) >= 11 is 0. The molecular weight excluding hydrogens is 334 g/mol. The molecule has 0 bridgehead atoms. The molecule has 0 aliphatic carbocycles. The molecule has 0 unspecified atom stereocenters. The Labute approximate surface area is 156 Å². The van der Waals surface area contributed by atoms with Crippen molar-refractivity contribution >= 4 is 27.8 Å². The Hall–Kier alpha value is -4.04. The van der Waals surface area contributed by atoms with Crippen molar-refractivity contribution in [2.75, 3.05) is 5.73 Å². The van der Waals surface area contributed by atoms with Crippen LogP contribution in [0.15, 0.2) is 89.2 Å². The second-order valence-electron chi connectivity index (χ2n) is 5.98. The van der Waals surface area contributed by atoms with Gasteiger partial charge in [-0.1, -0.05) is 54.6 Å². The lowest BCUT2D eigenvalue weighted by Gasteiger charge is -2.06. The van der Waals surface area contributed by atoms with Crippen LogP contribution >= 0.6 is 0 Å². The maximum Gasteiger partial charge on any atom is 0.111 e. The Morgan fingerprint density at radius 2 is 1.59 bits per heavy atom. The Bertz CT molecular complexity index is 1170. The van der Waals surface area contributed by atoms with Crippen molar-refractivity contribution < 1.29 is 0 Å². The molecule has 5 nitrogen and oxygen atoms in total. The number of hydrogen-bond donors (Lipinski definition) is 1. The minimum absolute atomic E-state index is 0.470. The molecule has 4 aromatic rings. The van der Waals surface area contributed by atoms with Crippen LogP contribution in [0.3, 0.4) is 0 Å². The zero-order valence-electron chi connectivity index (χ0n) is 14.4. The van der Waals surface area contributed by atoms with Gasteiger partial charge in [0.1, 0.15) is 11.4 Å². The van der Waals surface area contributed by atoms with Gasteiger partial charge in [-0.25, -0.2) is 0 Å². The number of azo groups is 1. The topological polar surface area (TPSA) is 87.4 Å². The fourth-order valence-electron chi connectivity index (χ4n) is 2.89. The molecule has 0 aliphatic heterocycles. The summed E-state index contributed by atoms with van der Waals surface area (Å²) in [5.41, 5.74) is 10.2. The Kier molecular flexibility index (Phi) is 4.30. The molecule has 0 spiro atoms. The smallest absolute Gasteiger partial charge is 0.111 e. The number of anilines is 1. The van der Waals surface area contributed by atoms with Gasteiger partial charge in [-0.2, -0.15) is 5.26 Å². The molecule has 0 aliphatic rings. The average molecular weight is 349 g/mol. The summed E-state index contributed by atoms with van der Waals surface area (Å²) in [6.45, 7) is 0. The fourth-order valence-corrected chi connectivity index (χ4v) is 2.89. The Morgan fingerprint density at radius 1 is 0.852 bits per heavy atom. The van der Waals surface area contributed by atoms with E-state index in [1.165, 1.54) is 0 Å². The molecule has 5 heteroatoms. The zero-order valence-corrected chi connectivity index (χ0v) is 14.4. The number of nitrogen functional groups attached to an aromatic ring is 1. The predicted octanol–water partition coefficient (Wildman–Crippen LogP) is 5.77. The maximum absolute atomic E-state index is 9.40. The van der Waals surface area contributed by atoms with Crippen molar-refractivity contribution in [2.24, 2.45) is 10.2 Å². The summed E-state index contributed by atoms with van der Waals surface area (Å²) in [6, 6.07) is 25.0. The summed E-state index contributed by atoms with van der Waals surface area (Å²) in [5, 5.41) is 19.5. The van der Waals surface area contributed by atoms with Gasteiger partial charge in [0, 0.05) is 16.3 Å². The number of pyridine rings is 1. The number of fused-ring (bicyclic) bond motifs is 1. The molecule has 0 atom stereocenters. The SMILES string of the molecule is N#Cc1cc(N=Nc2ccc(-c3ccccc3)nc2)c(N)c2ccccc12. The largest absolute Gasteiger partial charge is 0.396 e. The molecule has 1 heterocycles. The quantitative estimate of drug-likeness (QED) is 0.376. The van der Waals surface area contributed by atoms with E-state index < -0.39 is 0 Å². The van der Waals surface area contributed by atoms with E-state index in [0.29, 0.717) is 22.6 Å². The molecule has 27 heavy (non-hydrogen) atoms. The van der Waals surface area contributed by atoms with Crippen LogP contribution in [0.4, 0.5) is 17.1 Å². The lowest BCUT2D eigenvalue weighted by Crippen LogP contribution is -1.90. The van der Waals surface area contributed by atoms with Crippen LogP contribution in [0.25, 0.3) is 22.0 Å². The van der Waals surface area contributed by atoms with Gasteiger partial charge in [-0.3, -0.25) is 4.98 Å². The van der Waals surface area contributed by atoms with Gasteiger partial charge in [0.2, 0.25) is 0 Å². The van der Waals surface area contributed by atoms with Crippen LogP contribution < -0.4 is 5.73 Å². The van der Waals surface area contributed by atoms with Crippen molar-refractivity contribution in [1.82, 2.24) is 4.98 Å². The first kappa shape index (κ1) is 16.4. The molecule has 0 saturated carbocycles. The number of rotatable bonds is 3. The van der Waals surface area contributed by atoms with Gasteiger partial charge in [0.25, 0.3) is 0 Å². The van der Waals surface area contributed by atoms with E-state index in [1.54, 1.807) is 12.3 Å². The van der Waals surface area contributed by atoms with E-state index in [9.17, 15) is 5.26 Å². The van der Waals surface area contributed by atoms with Crippen LogP contribution in [-0.4, -0.2) is 4.98 Å². The zero-order chi connectivity index (χ0) is 18.6. The van der Waals surface area contributed by atoms with Gasteiger partial charge >= 0.3 is 0 Å². The van der Waals surface area contributed by atoms with Crippen molar-refractivity contribution in [3.63, 3.8) is 0 Å². The molecule has 0 saturated heterocycles. The monoisotopic (exact) mass is 349 g/mol. The third-order valence-corrected chi connectivity index (χ3v) is 4.28. The Morgan fingerprint density at radius 3 is 2.30 bits per heavy atom. The van der Waals surface area contributed by atoms with Crippen molar-refractivity contribution in [2.45, 2.75) is 0 Å². The minimum Gasteiger partial charge on any atom is -0.396 e. The highest BCUT2D eigenvalue weighted by atomic mass is 15.1. The molecule has 3 aromatic carbocycles. The molecule has 0 radical (unpaired) electrons. The molecule has 0 amide bonds. The average Bonchev–Trinajstić information content (AvgIpc) is 2.74. The molecule has 0 fully saturated rings. The highest BCUT2D eigenvalue weighted by molar-refractivity contribution is 6.01. The van der Waals surface area contributed by atoms with E-state index in [1.807, 2.05) is 66.7 Å². The summed E-state index contributed by atoms with van der Waals surface area (Å²) in [5.74, 6) is 0. The van der Waals surface area contributed by atoms with Crippen LogP contribution in [0.1, 0.15) is 5.56 Å². The normalized spacial score (nSPS) is 10.9. The molecular formula is C22H15N5. The van der Waals surface area contributed by atoms with Crippen molar-refractivity contribution in [1.29, 1.82) is 5.26 Å². The lowest BCUT2D eigenvalue weighted by molar-refractivity contribution is 1.20. The second-order valence-corrected chi connectivity index (χ2v) is 5.98. The molecule has 2 N–H and O–H groups in total. The number of benzene rings is 3. The fraction of sp³-hybridized carbons (Fsp3) is 0. The highest BCUT2D eigenvalue weighted by Crippen LogP contribution is 2.34. The standard InChI is InChI=1S/C22H15N5/c23-13-16-12-21(22(24)19-9-5-4-8-18(16)19)27-26-17-10-11-20(25-14-17)15-6-2-1-3-7-15/h1-12,14H,24H2. The second kappa shape index (κ2) is 7.06. The number of nitrogens with zero attached hydrogens (tertiary/aromatic N) is 4. The lowest BCUT2D eigenvalue weighted by atomic mass is 10.0. The van der Waals surface area contributed by atoms with Gasteiger partial charge in [-0.05, 0) is 18.2 Å². The van der Waals surface area contributed by atoms with E-state index in [-0.39, 0.29) is 0 Å². The van der Waals surface area contributed by atoms with E-state index in [4.69, 9.17) is 5.73 Å². The third kappa shape index (κ3) is 3.24. The molecule has 4 rings (SSSR count). The Balaban J connectivity index is 1.67. The first-order valence-electron chi connectivity index (χ1n) is 8.41. The summed E-state index contributed by atoms with van der Waals surface area (Å²) < 4.78 is 0. The van der Waals surface area contributed by atoms with E-state index in [0.717, 1.165) is 22.0 Å². The van der Waals surface area contributed by atoms with Crippen LogP contribution in [0.2, 0.25) is 0 Å². The van der Waals surface area contributed by atoms with Crippen LogP contribution in [0.5, 0.6) is 0 Å². The first-order valence-corrected chi connectivity index (χ1v) is 8.41. The van der Waals surface area contributed by atoms with Crippen molar-refractivity contribution in [3.8, 4) is 17.3 Å². The molecule has 128 valence electrons. The van der Waals surface area contributed by atoms with Crippen LogP contribution in [-0.2, 0) is 0 Å². The van der Waals surface area contributed by atoms with Gasteiger partial charge in [0.15, 0.2) is 0 Å². The maximum atomic E-state index is 9.40. The van der Waals surface area contributed by atoms with E-state index >= 15 is 0 Å². The molecule has 1 aromatic heterocycles. The minimum atomic E-state index is 0.470. The first-order chi connectivity index (χ1) is 13.3. The summed E-state index contributed by atoms with van der Waals surface area (Å²) in [7, 11) is 0. The summed E-state index contributed by atoms with van der Waals surface area (Å²) in [4.78, 5) is 4.43. The van der Waals surface area contributed by atoms with Gasteiger partial charge in [0.05, 0.1) is 29.2 Å². The van der Waals surface area contributed by atoms with E-state index in [2.05, 4.69) is 21.3 Å².